The SMILES string of the molecule is COc1ccc(-c2nn(-c3ccccc3)c3nc(-c4ccc(F)cc4)n[c]c23)cc1F. The summed E-state index contributed by atoms with van der Waals surface area (Å²) in [5, 5.41) is 5.23. The molecule has 5 nitrogen and oxygen atoms in total. The van der Waals surface area contributed by atoms with Crippen LogP contribution in [0.2, 0.25) is 0 Å². The molecule has 0 N–H and O–H groups in total. The summed E-state index contributed by atoms with van der Waals surface area (Å²) < 4.78 is 34.3. The van der Waals surface area contributed by atoms with Gasteiger partial charge in [0.1, 0.15) is 17.7 Å². The normalized spacial score (nSPS) is 11.1. The van der Waals surface area contributed by atoms with Crippen molar-refractivity contribution in [3.63, 3.8) is 0 Å². The Balaban J connectivity index is 1.74. The Bertz CT molecular complexity index is 1380. The number of ether oxygens (including phenoxy) is 1. The Morgan fingerprint density at radius 2 is 1.65 bits per heavy atom. The van der Waals surface area contributed by atoms with Crippen LogP contribution in [0.15, 0.2) is 72.8 Å². The molecule has 0 aliphatic carbocycles. The second kappa shape index (κ2) is 7.60. The largest absolute Gasteiger partial charge is 0.494 e. The average molecular weight is 413 g/mol. The van der Waals surface area contributed by atoms with E-state index in [1.807, 2.05) is 30.3 Å². The lowest BCUT2D eigenvalue weighted by Crippen LogP contribution is -1.99. The Morgan fingerprint density at radius 1 is 0.903 bits per heavy atom. The molecule has 0 unspecified atom stereocenters. The Hall–Kier alpha value is -4.13. The summed E-state index contributed by atoms with van der Waals surface area (Å²) in [5.74, 6) is -0.301. The molecule has 7 heteroatoms. The van der Waals surface area contributed by atoms with E-state index >= 15 is 0 Å². The molecule has 0 aliphatic rings. The highest BCUT2D eigenvalue weighted by atomic mass is 19.1. The van der Waals surface area contributed by atoms with Crippen molar-refractivity contribution < 1.29 is 13.5 Å². The first-order chi connectivity index (χ1) is 15.1. The average Bonchev–Trinajstić information content (AvgIpc) is 3.19. The van der Waals surface area contributed by atoms with Crippen LogP contribution in [0.25, 0.3) is 39.4 Å². The molecule has 0 fully saturated rings. The first-order valence-electron chi connectivity index (χ1n) is 9.48. The number of halogens is 2. The van der Waals surface area contributed by atoms with E-state index in [0.29, 0.717) is 33.7 Å². The molecule has 1 radical (unpaired) electrons. The molecule has 151 valence electrons. The molecule has 0 saturated carbocycles. The highest BCUT2D eigenvalue weighted by molar-refractivity contribution is 5.92. The molecule has 5 aromatic rings. The molecule has 0 saturated heterocycles. The Morgan fingerprint density at radius 3 is 2.35 bits per heavy atom. The quantitative estimate of drug-likeness (QED) is 0.405. The minimum absolute atomic E-state index is 0.148. The van der Waals surface area contributed by atoms with Crippen LogP contribution in [0.1, 0.15) is 0 Å². The van der Waals surface area contributed by atoms with Gasteiger partial charge in [0, 0.05) is 11.1 Å². The van der Waals surface area contributed by atoms with Gasteiger partial charge in [-0.25, -0.2) is 23.4 Å². The molecular weight excluding hydrogens is 398 g/mol. The maximum atomic E-state index is 14.4. The Kier molecular flexibility index (Phi) is 4.63. The molecule has 0 aliphatic heterocycles. The monoisotopic (exact) mass is 413 g/mol. The molecule has 3 aromatic carbocycles. The zero-order valence-corrected chi connectivity index (χ0v) is 16.4. The van der Waals surface area contributed by atoms with Crippen molar-refractivity contribution >= 4 is 11.0 Å². The van der Waals surface area contributed by atoms with Crippen LogP contribution in [0.4, 0.5) is 8.78 Å². The fraction of sp³-hybridized carbons (Fsp3) is 0.0417. The van der Waals surface area contributed by atoms with Gasteiger partial charge >= 0.3 is 0 Å². The molecule has 0 amide bonds. The van der Waals surface area contributed by atoms with Gasteiger partial charge in [0.25, 0.3) is 0 Å². The van der Waals surface area contributed by atoms with Gasteiger partial charge in [0.2, 0.25) is 0 Å². The number of methoxy groups -OCH3 is 1. The van der Waals surface area contributed by atoms with Crippen LogP contribution in [0.5, 0.6) is 5.75 Å². The number of aromatic nitrogens is 4. The van der Waals surface area contributed by atoms with Gasteiger partial charge in [0.15, 0.2) is 23.0 Å². The summed E-state index contributed by atoms with van der Waals surface area (Å²) in [6.45, 7) is 0. The predicted molar refractivity (Wildman–Crippen MR) is 113 cm³/mol. The first kappa shape index (κ1) is 18.9. The second-order valence-electron chi connectivity index (χ2n) is 6.81. The molecular formula is C24H15F2N4O. The van der Waals surface area contributed by atoms with E-state index < -0.39 is 5.82 Å². The third kappa shape index (κ3) is 3.40. The number of benzene rings is 3. The van der Waals surface area contributed by atoms with Gasteiger partial charge in [-0.2, -0.15) is 5.10 Å². The number of hydrogen-bond acceptors (Lipinski definition) is 4. The third-order valence-corrected chi connectivity index (χ3v) is 4.87. The molecule has 2 heterocycles. The number of rotatable bonds is 4. The smallest absolute Gasteiger partial charge is 0.168 e. The van der Waals surface area contributed by atoms with Crippen molar-refractivity contribution in [2.45, 2.75) is 0 Å². The molecule has 0 bridgehead atoms. The van der Waals surface area contributed by atoms with Gasteiger partial charge in [-0.05, 0) is 54.6 Å². The van der Waals surface area contributed by atoms with E-state index in [-0.39, 0.29) is 11.6 Å². The number of nitrogens with zero attached hydrogens (tertiary/aromatic N) is 4. The van der Waals surface area contributed by atoms with Gasteiger partial charge < -0.3 is 4.74 Å². The van der Waals surface area contributed by atoms with E-state index in [1.165, 1.54) is 25.3 Å². The van der Waals surface area contributed by atoms with E-state index in [2.05, 4.69) is 16.2 Å². The second-order valence-corrected chi connectivity index (χ2v) is 6.81. The van der Waals surface area contributed by atoms with Crippen LogP contribution >= 0.6 is 0 Å². The van der Waals surface area contributed by atoms with Crippen LogP contribution < -0.4 is 4.74 Å². The van der Waals surface area contributed by atoms with Crippen LogP contribution in [0, 0.1) is 17.8 Å². The third-order valence-electron chi connectivity index (χ3n) is 4.87. The van der Waals surface area contributed by atoms with E-state index in [0.717, 1.165) is 5.69 Å². The predicted octanol–water partition coefficient (Wildman–Crippen LogP) is 5.24. The van der Waals surface area contributed by atoms with E-state index in [1.54, 1.807) is 28.9 Å². The maximum Gasteiger partial charge on any atom is 0.168 e. The molecule has 5 rings (SSSR count). The Labute approximate surface area is 176 Å². The first-order valence-corrected chi connectivity index (χ1v) is 9.48. The summed E-state index contributed by atoms with van der Waals surface area (Å²) in [4.78, 5) is 9.00. The number of para-hydroxylation sites is 1. The summed E-state index contributed by atoms with van der Waals surface area (Å²) in [5.41, 5.74) is 2.98. The number of fused-ring (bicyclic) bond motifs is 1. The molecule has 0 atom stereocenters. The van der Waals surface area contributed by atoms with Gasteiger partial charge in [0.05, 0.1) is 18.2 Å². The number of hydrogen-bond donors (Lipinski definition) is 0. The lowest BCUT2D eigenvalue weighted by atomic mass is 10.1. The van der Waals surface area contributed by atoms with Crippen molar-refractivity contribution in [1.29, 1.82) is 0 Å². The molecule has 0 spiro atoms. The van der Waals surface area contributed by atoms with Gasteiger partial charge in [-0.15, -0.1) is 0 Å². The van der Waals surface area contributed by atoms with Crippen molar-refractivity contribution in [3.8, 4) is 34.1 Å². The molecule has 2 aromatic heterocycles. The maximum absolute atomic E-state index is 14.4. The minimum Gasteiger partial charge on any atom is -0.494 e. The van der Waals surface area contributed by atoms with Crippen molar-refractivity contribution in [2.24, 2.45) is 0 Å². The summed E-state index contributed by atoms with van der Waals surface area (Å²) >= 11 is 0. The molecule has 31 heavy (non-hydrogen) atoms. The summed E-state index contributed by atoms with van der Waals surface area (Å²) in [6, 6.07) is 20.0. The van der Waals surface area contributed by atoms with Crippen LogP contribution in [-0.4, -0.2) is 26.9 Å². The lowest BCUT2D eigenvalue weighted by Gasteiger charge is -2.04. The topological polar surface area (TPSA) is 52.8 Å². The minimum atomic E-state index is -0.494. The fourth-order valence-corrected chi connectivity index (χ4v) is 3.34. The standard InChI is InChI=1S/C24H15F2N4O/c1-31-21-12-9-16(13-20(21)26)22-19-14-27-23(15-7-10-17(25)11-8-15)28-24(19)30(29-22)18-5-3-2-4-6-18/h2-13H,1H3. The highest BCUT2D eigenvalue weighted by Crippen LogP contribution is 2.31. The van der Waals surface area contributed by atoms with Gasteiger partial charge in [-0.3, -0.25) is 0 Å². The van der Waals surface area contributed by atoms with E-state index in [9.17, 15) is 8.78 Å². The zero-order chi connectivity index (χ0) is 21.4. The van der Waals surface area contributed by atoms with Crippen LogP contribution in [0.3, 0.4) is 0 Å². The van der Waals surface area contributed by atoms with Crippen molar-refractivity contribution in [2.75, 3.05) is 7.11 Å². The fourth-order valence-electron chi connectivity index (χ4n) is 3.34. The van der Waals surface area contributed by atoms with Gasteiger partial charge in [-0.1, -0.05) is 18.2 Å². The highest BCUT2D eigenvalue weighted by Gasteiger charge is 2.18. The van der Waals surface area contributed by atoms with Crippen LogP contribution in [-0.2, 0) is 0 Å². The van der Waals surface area contributed by atoms with E-state index in [4.69, 9.17) is 9.84 Å². The zero-order valence-electron chi connectivity index (χ0n) is 16.4. The summed E-state index contributed by atoms with van der Waals surface area (Å²) in [7, 11) is 1.41. The van der Waals surface area contributed by atoms with Crippen molar-refractivity contribution in [3.05, 3.63) is 90.6 Å². The summed E-state index contributed by atoms with van der Waals surface area (Å²) in [6.07, 6.45) is 2.99. The van der Waals surface area contributed by atoms with Crippen molar-refractivity contribution in [1.82, 2.24) is 19.7 Å². The lowest BCUT2D eigenvalue weighted by molar-refractivity contribution is 0.386.